The minimum atomic E-state index is -0.513. The van der Waals surface area contributed by atoms with Crippen LogP contribution in [-0.2, 0) is 9.53 Å². The van der Waals surface area contributed by atoms with Gasteiger partial charge in [-0.3, -0.25) is 4.79 Å². The number of fused-ring (bicyclic) bond motifs is 4. The highest BCUT2D eigenvalue weighted by atomic mass is 16.6. The summed E-state index contributed by atoms with van der Waals surface area (Å²) in [4.78, 5) is 28.3. The van der Waals surface area contributed by atoms with Gasteiger partial charge in [0.15, 0.2) is 0 Å². The van der Waals surface area contributed by atoms with Crippen molar-refractivity contribution in [2.45, 2.75) is 51.7 Å². The molecule has 128 valence electrons. The molecule has 0 aromatic carbocycles. The summed E-state index contributed by atoms with van der Waals surface area (Å²) in [6.07, 6.45) is 2.48. The Morgan fingerprint density at radius 1 is 1.35 bits per heavy atom. The molecule has 3 unspecified atom stereocenters. The summed E-state index contributed by atoms with van der Waals surface area (Å²) in [6.45, 7) is 9.44. The Labute approximate surface area is 137 Å². The summed E-state index contributed by atoms with van der Waals surface area (Å²) < 4.78 is 5.50. The topological polar surface area (TPSA) is 70.1 Å². The number of piperidine rings is 2. The summed E-state index contributed by atoms with van der Waals surface area (Å²) in [5.41, 5.74) is -0.936. The van der Waals surface area contributed by atoms with E-state index >= 15 is 0 Å². The molecule has 23 heavy (non-hydrogen) atoms. The van der Waals surface area contributed by atoms with E-state index in [1.54, 1.807) is 4.90 Å². The Kier molecular flexibility index (Phi) is 3.61. The smallest absolute Gasteiger partial charge is 0.410 e. The molecule has 2 amide bonds. The van der Waals surface area contributed by atoms with Crippen molar-refractivity contribution in [3.05, 3.63) is 11.8 Å². The van der Waals surface area contributed by atoms with Crippen molar-refractivity contribution in [1.29, 1.82) is 0 Å². The maximum absolute atomic E-state index is 12.4. The lowest BCUT2D eigenvalue weighted by Gasteiger charge is -2.57. The highest BCUT2D eigenvalue weighted by molar-refractivity contribution is 5.90. The first-order valence-electron chi connectivity index (χ1n) is 8.27. The first kappa shape index (κ1) is 16.1. The minimum Gasteiger partial charge on any atom is -0.512 e. The molecule has 6 heteroatoms. The van der Waals surface area contributed by atoms with Gasteiger partial charge in [0.2, 0.25) is 5.91 Å². The number of aliphatic hydroxyl groups excluding tert-OH is 1. The third-order valence-electron chi connectivity index (χ3n) is 5.22. The third-order valence-corrected chi connectivity index (χ3v) is 5.22. The number of likely N-dealkylation sites (tertiary alicyclic amines) is 1. The number of aliphatic hydroxyl groups is 1. The summed E-state index contributed by atoms with van der Waals surface area (Å²) in [7, 11) is 0. The van der Waals surface area contributed by atoms with Gasteiger partial charge in [-0.15, -0.1) is 0 Å². The predicted octanol–water partition coefficient (Wildman–Crippen LogP) is 2.31. The Balaban J connectivity index is 1.80. The summed E-state index contributed by atoms with van der Waals surface area (Å²) in [6, 6.07) is 0. The summed E-state index contributed by atoms with van der Waals surface area (Å²) in [5, 5.41) is 9.92. The van der Waals surface area contributed by atoms with Crippen LogP contribution in [0.15, 0.2) is 11.8 Å². The average molecular weight is 322 g/mol. The van der Waals surface area contributed by atoms with Crippen LogP contribution in [0.3, 0.4) is 0 Å². The van der Waals surface area contributed by atoms with E-state index in [4.69, 9.17) is 4.74 Å². The molecule has 0 saturated carbocycles. The molecule has 3 aliphatic rings. The van der Waals surface area contributed by atoms with Gasteiger partial charge in [0, 0.05) is 38.0 Å². The maximum Gasteiger partial charge on any atom is 0.410 e. The van der Waals surface area contributed by atoms with Crippen LogP contribution >= 0.6 is 0 Å². The van der Waals surface area contributed by atoms with Gasteiger partial charge in [0.1, 0.15) is 11.4 Å². The normalized spacial score (nSPS) is 33.9. The quantitative estimate of drug-likeness (QED) is 0.743. The Morgan fingerprint density at radius 3 is 2.70 bits per heavy atom. The highest BCUT2D eigenvalue weighted by Crippen LogP contribution is 2.45. The molecular formula is C17H26N2O4. The number of carbonyl (C=O) groups excluding carboxylic acids is 2. The van der Waals surface area contributed by atoms with Gasteiger partial charge < -0.3 is 19.6 Å². The molecule has 3 heterocycles. The van der Waals surface area contributed by atoms with E-state index in [1.165, 1.54) is 6.08 Å². The van der Waals surface area contributed by atoms with Gasteiger partial charge in [-0.1, -0.05) is 0 Å². The lowest BCUT2D eigenvalue weighted by molar-refractivity contribution is -0.146. The number of ether oxygens (including phenoxy) is 1. The second kappa shape index (κ2) is 5.14. The predicted molar refractivity (Wildman–Crippen MR) is 84.9 cm³/mol. The van der Waals surface area contributed by atoms with Gasteiger partial charge >= 0.3 is 6.09 Å². The first-order chi connectivity index (χ1) is 10.6. The van der Waals surface area contributed by atoms with Crippen LogP contribution in [0.5, 0.6) is 0 Å². The zero-order valence-corrected chi connectivity index (χ0v) is 14.3. The molecule has 0 aromatic heterocycles. The Morgan fingerprint density at radius 2 is 2.04 bits per heavy atom. The van der Waals surface area contributed by atoms with E-state index in [2.05, 4.69) is 0 Å². The van der Waals surface area contributed by atoms with E-state index in [9.17, 15) is 14.7 Å². The van der Waals surface area contributed by atoms with Crippen molar-refractivity contribution in [1.82, 2.24) is 9.80 Å². The van der Waals surface area contributed by atoms with Crippen LogP contribution in [0.25, 0.3) is 0 Å². The largest absolute Gasteiger partial charge is 0.512 e. The number of nitrogens with zero attached hydrogens (tertiary/aromatic N) is 2. The minimum absolute atomic E-state index is 0.114. The van der Waals surface area contributed by atoms with Crippen LogP contribution in [0, 0.1) is 11.8 Å². The number of rotatable bonds is 0. The second-order valence-corrected chi connectivity index (χ2v) is 8.30. The number of hydrogen-bond acceptors (Lipinski definition) is 4. The fourth-order valence-corrected chi connectivity index (χ4v) is 4.17. The van der Waals surface area contributed by atoms with E-state index < -0.39 is 11.1 Å². The Bertz CT molecular complexity index is 565. The number of carbonyl (C=O) groups is 2. The summed E-state index contributed by atoms with van der Waals surface area (Å²) >= 11 is 0. The molecule has 3 rings (SSSR count). The molecule has 3 atom stereocenters. The highest BCUT2D eigenvalue weighted by Gasteiger charge is 2.52. The lowest BCUT2D eigenvalue weighted by Crippen LogP contribution is -2.67. The molecule has 6 nitrogen and oxygen atoms in total. The molecule has 2 bridgehead atoms. The molecule has 2 fully saturated rings. The Hall–Kier alpha value is -1.72. The van der Waals surface area contributed by atoms with Crippen LogP contribution in [-0.4, -0.2) is 57.7 Å². The van der Waals surface area contributed by atoms with Crippen LogP contribution in [0.4, 0.5) is 4.79 Å². The summed E-state index contributed by atoms with van der Waals surface area (Å²) in [5.74, 6) is 0.451. The van der Waals surface area contributed by atoms with Crippen LogP contribution in [0.1, 0.15) is 40.5 Å². The molecule has 3 aliphatic heterocycles. The van der Waals surface area contributed by atoms with Gasteiger partial charge in [0.25, 0.3) is 0 Å². The van der Waals surface area contributed by atoms with Crippen molar-refractivity contribution in [2.24, 2.45) is 11.8 Å². The molecule has 0 aromatic rings. The van der Waals surface area contributed by atoms with Crippen molar-refractivity contribution in [3.8, 4) is 0 Å². The average Bonchev–Trinajstić information content (AvgIpc) is 2.39. The molecule has 0 aliphatic carbocycles. The molecule has 0 radical (unpaired) electrons. The van der Waals surface area contributed by atoms with E-state index in [0.717, 1.165) is 6.42 Å². The van der Waals surface area contributed by atoms with Gasteiger partial charge in [0.05, 0.1) is 5.54 Å². The molecule has 2 saturated heterocycles. The van der Waals surface area contributed by atoms with Gasteiger partial charge in [-0.25, -0.2) is 4.79 Å². The zero-order chi connectivity index (χ0) is 17.0. The van der Waals surface area contributed by atoms with E-state index in [0.29, 0.717) is 26.1 Å². The van der Waals surface area contributed by atoms with Crippen molar-refractivity contribution >= 4 is 12.0 Å². The van der Waals surface area contributed by atoms with Crippen LogP contribution in [0.2, 0.25) is 0 Å². The fraction of sp³-hybridized carbons (Fsp3) is 0.765. The molecular weight excluding hydrogens is 296 g/mol. The van der Waals surface area contributed by atoms with Gasteiger partial charge in [-0.05, 0) is 40.0 Å². The monoisotopic (exact) mass is 322 g/mol. The van der Waals surface area contributed by atoms with Crippen molar-refractivity contribution in [3.63, 3.8) is 0 Å². The number of amides is 2. The standard InChI is InChI=1S/C17H26N2O4/c1-16(2,3)23-15(22)18-8-11-5-12(10-18)17(4)7-13(20)6-14(21)19(17)9-11/h6,11-12,20H,5,7-10H2,1-4H3. The number of hydrogen-bond donors (Lipinski definition) is 1. The van der Waals surface area contributed by atoms with Crippen molar-refractivity contribution < 1.29 is 19.4 Å². The van der Waals surface area contributed by atoms with E-state index in [-0.39, 0.29) is 29.6 Å². The molecule has 0 spiro atoms. The fourth-order valence-electron chi connectivity index (χ4n) is 4.17. The van der Waals surface area contributed by atoms with Gasteiger partial charge in [-0.2, -0.15) is 0 Å². The first-order valence-corrected chi connectivity index (χ1v) is 8.27. The molecule has 1 N–H and O–H groups in total. The SMILES string of the molecule is CC(C)(C)OC(=O)N1CC2CC(C1)C1(C)CC(O)=CC(=O)N1C2. The van der Waals surface area contributed by atoms with Crippen LogP contribution < -0.4 is 0 Å². The zero-order valence-electron chi connectivity index (χ0n) is 14.3. The third kappa shape index (κ3) is 2.91. The second-order valence-electron chi connectivity index (χ2n) is 8.30. The lowest BCUT2D eigenvalue weighted by atomic mass is 9.68. The maximum atomic E-state index is 12.4. The van der Waals surface area contributed by atoms with Crippen molar-refractivity contribution in [2.75, 3.05) is 19.6 Å². The van der Waals surface area contributed by atoms with E-state index in [1.807, 2.05) is 32.6 Å².